The van der Waals surface area contributed by atoms with Crippen molar-refractivity contribution in [1.82, 2.24) is 19.4 Å². The number of carbonyl (C=O) groups is 1. The average Bonchev–Trinajstić information content (AvgIpc) is 3.08. The van der Waals surface area contributed by atoms with Crippen molar-refractivity contribution in [2.45, 2.75) is 33.3 Å². The molecular weight excluding hydrogens is 354 g/mol. The second kappa shape index (κ2) is 6.69. The number of hydrogen-bond donors (Lipinski definition) is 2. The first-order chi connectivity index (χ1) is 13.4. The SMILES string of the molecule is CC[C@H](O)c1cc(C)c(-c2cc3cnc(C(N)=O)cc3n3cc(C)nc23)cn1. The molecule has 28 heavy (non-hydrogen) atoms. The van der Waals surface area contributed by atoms with E-state index in [1.807, 2.05) is 43.5 Å². The molecule has 0 saturated heterocycles. The van der Waals surface area contributed by atoms with Gasteiger partial charge in [0, 0.05) is 35.1 Å². The molecule has 142 valence electrons. The number of fused-ring (bicyclic) bond motifs is 3. The van der Waals surface area contributed by atoms with Crippen LogP contribution in [0.25, 0.3) is 27.7 Å². The van der Waals surface area contributed by atoms with Gasteiger partial charge in [-0.25, -0.2) is 4.98 Å². The van der Waals surface area contributed by atoms with Crippen LogP contribution in [0.4, 0.5) is 0 Å². The van der Waals surface area contributed by atoms with E-state index in [1.54, 1.807) is 18.5 Å². The lowest BCUT2D eigenvalue weighted by molar-refractivity contribution is 0.0995. The van der Waals surface area contributed by atoms with Gasteiger partial charge in [0.2, 0.25) is 0 Å². The second-order valence-electron chi connectivity index (χ2n) is 6.97. The lowest BCUT2D eigenvalue weighted by atomic mass is 10.0. The van der Waals surface area contributed by atoms with Crippen LogP contribution >= 0.6 is 0 Å². The standard InChI is InChI=1S/C21H21N5O2/c1-4-19(27)16-5-11(2)15(9-24-16)14-6-13-8-23-17(20(22)28)7-18(13)26-10-12(3)25-21(14)26/h5-10,19,27H,4H2,1-3H3,(H2,22,28)/t19-/m0/s1. The molecule has 4 rings (SSSR count). The van der Waals surface area contributed by atoms with E-state index in [0.717, 1.165) is 38.9 Å². The van der Waals surface area contributed by atoms with Crippen LogP contribution in [0.2, 0.25) is 0 Å². The number of nitrogens with two attached hydrogens (primary N) is 1. The van der Waals surface area contributed by atoms with Gasteiger partial charge in [-0.1, -0.05) is 6.92 Å². The molecule has 4 heterocycles. The predicted octanol–water partition coefficient (Wildman–Crippen LogP) is 3.10. The lowest BCUT2D eigenvalue weighted by Crippen LogP contribution is -2.13. The van der Waals surface area contributed by atoms with Crippen LogP contribution in [0.3, 0.4) is 0 Å². The fraction of sp³-hybridized carbons (Fsp3) is 0.238. The van der Waals surface area contributed by atoms with Crippen molar-refractivity contribution in [3.63, 3.8) is 0 Å². The number of aromatic nitrogens is 4. The van der Waals surface area contributed by atoms with Crippen LogP contribution < -0.4 is 5.73 Å². The highest BCUT2D eigenvalue weighted by atomic mass is 16.3. The highest BCUT2D eigenvalue weighted by Crippen LogP contribution is 2.32. The number of rotatable bonds is 4. The summed E-state index contributed by atoms with van der Waals surface area (Å²) in [5, 5.41) is 10.9. The molecule has 4 aromatic heterocycles. The van der Waals surface area contributed by atoms with Crippen LogP contribution in [0.5, 0.6) is 0 Å². The van der Waals surface area contributed by atoms with Crippen LogP contribution in [0.15, 0.2) is 36.8 Å². The molecule has 0 radical (unpaired) electrons. The van der Waals surface area contributed by atoms with Crippen molar-refractivity contribution in [2.75, 3.05) is 0 Å². The summed E-state index contributed by atoms with van der Waals surface area (Å²) in [5.74, 6) is -0.568. The van der Waals surface area contributed by atoms with Gasteiger partial charge in [0.15, 0.2) is 0 Å². The summed E-state index contributed by atoms with van der Waals surface area (Å²) in [6.07, 6.45) is 5.38. The van der Waals surface area contributed by atoms with E-state index in [9.17, 15) is 9.90 Å². The van der Waals surface area contributed by atoms with Gasteiger partial charge < -0.3 is 10.8 Å². The number of pyridine rings is 3. The van der Waals surface area contributed by atoms with Crippen molar-refractivity contribution in [3.8, 4) is 11.1 Å². The highest BCUT2D eigenvalue weighted by Gasteiger charge is 2.16. The molecule has 0 saturated carbocycles. The Morgan fingerprint density at radius 2 is 1.96 bits per heavy atom. The van der Waals surface area contributed by atoms with Gasteiger partial charge in [0.25, 0.3) is 5.91 Å². The number of aryl methyl sites for hydroxylation is 2. The zero-order valence-electron chi connectivity index (χ0n) is 16.0. The fourth-order valence-corrected chi connectivity index (χ4v) is 3.45. The maximum Gasteiger partial charge on any atom is 0.267 e. The number of carbonyl (C=O) groups excluding carboxylic acids is 1. The van der Waals surface area contributed by atoms with Gasteiger partial charge in [0.1, 0.15) is 11.3 Å². The minimum Gasteiger partial charge on any atom is -0.387 e. The van der Waals surface area contributed by atoms with E-state index < -0.39 is 12.0 Å². The van der Waals surface area contributed by atoms with Gasteiger partial charge in [-0.3, -0.25) is 19.2 Å². The van der Waals surface area contributed by atoms with E-state index in [2.05, 4.69) is 15.0 Å². The minimum absolute atomic E-state index is 0.212. The Balaban J connectivity index is 1.99. The van der Waals surface area contributed by atoms with E-state index in [1.165, 1.54) is 0 Å². The molecule has 0 aliphatic rings. The molecule has 3 N–H and O–H groups in total. The van der Waals surface area contributed by atoms with Gasteiger partial charge in [-0.2, -0.15) is 0 Å². The number of primary amides is 1. The third kappa shape index (κ3) is 2.90. The topological polar surface area (TPSA) is 106 Å². The Labute approximate surface area is 161 Å². The number of amides is 1. The maximum atomic E-state index is 11.5. The first-order valence-electron chi connectivity index (χ1n) is 9.12. The summed E-state index contributed by atoms with van der Waals surface area (Å²) >= 11 is 0. The molecule has 4 aromatic rings. The van der Waals surface area contributed by atoms with Crippen molar-refractivity contribution >= 4 is 22.5 Å². The summed E-state index contributed by atoms with van der Waals surface area (Å²) in [4.78, 5) is 24.8. The molecule has 0 bridgehead atoms. The van der Waals surface area contributed by atoms with Crippen LogP contribution in [0, 0.1) is 13.8 Å². The molecule has 0 aromatic carbocycles. The number of aliphatic hydroxyl groups is 1. The Hall–Kier alpha value is -3.32. The van der Waals surface area contributed by atoms with Gasteiger partial charge in [0.05, 0.1) is 23.0 Å². The minimum atomic E-state index is -0.575. The lowest BCUT2D eigenvalue weighted by Gasteiger charge is -2.13. The summed E-state index contributed by atoms with van der Waals surface area (Å²) < 4.78 is 1.95. The molecule has 0 fully saturated rings. The molecule has 0 unspecified atom stereocenters. The second-order valence-corrected chi connectivity index (χ2v) is 6.97. The van der Waals surface area contributed by atoms with Crippen molar-refractivity contribution < 1.29 is 9.90 Å². The summed E-state index contributed by atoms with van der Waals surface area (Å²) in [7, 11) is 0. The smallest absolute Gasteiger partial charge is 0.267 e. The molecule has 0 spiro atoms. The summed E-state index contributed by atoms with van der Waals surface area (Å²) in [5.41, 5.74) is 11.5. The van der Waals surface area contributed by atoms with Crippen LogP contribution in [-0.2, 0) is 0 Å². The van der Waals surface area contributed by atoms with Crippen molar-refractivity contribution in [3.05, 3.63) is 59.4 Å². The largest absolute Gasteiger partial charge is 0.387 e. The van der Waals surface area contributed by atoms with Gasteiger partial charge in [-0.05, 0) is 44.0 Å². The molecular formula is C21H21N5O2. The van der Waals surface area contributed by atoms with E-state index in [0.29, 0.717) is 12.1 Å². The number of hydrogen-bond acceptors (Lipinski definition) is 5. The van der Waals surface area contributed by atoms with E-state index in [-0.39, 0.29) is 5.69 Å². The maximum absolute atomic E-state index is 11.5. The van der Waals surface area contributed by atoms with E-state index >= 15 is 0 Å². The zero-order chi connectivity index (χ0) is 20.0. The van der Waals surface area contributed by atoms with Crippen molar-refractivity contribution in [1.29, 1.82) is 0 Å². The van der Waals surface area contributed by atoms with Crippen LogP contribution in [0.1, 0.15) is 46.9 Å². The van der Waals surface area contributed by atoms with Crippen LogP contribution in [-0.4, -0.2) is 30.4 Å². The first-order valence-corrected chi connectivity index (χ1v) is 9.12. The van der Waals surface area contributed by atoms with E-state index in [4.69, 9.17) is 5.73 Å². The fourth-order valence-electron chi connectivity index (χ4n) is 3.45. The zero-order valence-corrected chi connectivity index (χ0v) is 16.0. The molecule has 0 aliphatic carbocycles. The monoisotopic (exact) mass is 375 g/mol. The average molecular weight is 375 g/mol. The normalized spacial score (nSPS) is 12.6. The van der Waals surface area contributed by atoms with Crippen molar-refractivity contribution in [2.24, 2.45) is 5.73 Å². The number of aliphatic hydroxyl groups excluding tert-OH is 1. The third-order valence-corrected chi connectivity index (χ3v) is 4.94. The Morgan fingerprint density at radius 3 is 2.64 bits per heavy atom. The number of nitrogens with zero attached hydrogens (tertiary/aromatic N) is 4. The highest BCUT2D eigenvalue weighted by molar-refractivity contribution is 5.97. The predicted molar refractivity (Wildman–Crippen MR) is 107 cm³/mol. The molecule has 1 amide bonds. The third-order valence-electron chi connectivity index (χ3n) is 4.94. The quantitative estimate of drug-likeness (QED) is 0.570. The number of imidazole rings is 1. The molecule has 1 atom stereocenters. The van der Waals surface area contributed by atoms with Gasteiger partial charge in [-0.15, -0.1) is 0 Å². The molecule has 0 aliphatic heterocycles. The Morgan fingerprint density at radius 1 is 1.18 bits per heavy atom. The van der Waals surface area contributed by atoms with Gasteiger partial charge >= 0.3 is 0 Å². The molecule has 7 nitrogen and oxygen atoms in total. The molecule has 7 heteroatoms. The first kappa shape index (κ1) is 18.1. The summed E-state index contributed by atoms with van der Waals surface area (Å²) in [6, 6.07) is 5.59. The Kier molecular flexibility index (Phi) is 4.31. The Bertz CT molecular complexity index is 1230. The summed E-state index contributed by atoms with van der Waals surface area (Å²) in [6.45, 7) is 5.83.